The fourth-order valence-electron chi connectivity index (χ4n) is 1.22. The van der Waals surface area contributed by atoms with E-state index < -0.39 is 0 Å². The number of aryl methyl sites for hydroxylation is 1. The highest BCUT2D eigenvalue weighted by Crippen LogP contribution is 1.92. The highest BCUT2D eigenvalue weighted by molar-refractivity contribution is 5.69. The van der Waals surface area contributed by atoms with E-state index in [1.807, 2.05) is 37.5 Å². The molecule has 0 spiro atoms. The first-order chi connectivity index (χ1) is 6.83. The smallest absolute Gasteiger partial charge is 0.306 e. The van der Waals surface area contributed by atoms with Crippen molar-refractivity contribution in [2.24, 2.45) is 0 Å². The molecule has 0 bridgehead atoms. The molecule has 1 aromatic rings. The van der Waals surface area contributed by atoms with Crippen LogP contribution in [0.25, 0.3) is 0 Å². The molecule has 0 radical (unpaired) electrons. The number of rotatable bonds is 5. The second-order valence-corrected chi connectivity index (χ2v) is 3.02. The summed E-state index contributed by atoms with van der Waals surface area (Å²) in [6.07, 6.45) is 5.31. The van der Waals surface area contributed by atoms with Crippen LogP contribution in [0, 0.1) is 0 Å². The topological polar surface area (TPSA) is 30.2 Å². The first-order valence-electron chi connectivity index (χ1n) is 4.92. The Morgan fingerprint density at radius 1 is 1.29 bits per heavy atom. The van der Waals surface area contributed by atoms with Crippen LogP contribution in [-0.4, -0.2) is 12.6 Å². The zero-order valence-electron chi connectivity index (χ0n) is 8.48. The molecule has 14 heavy (non-hydrogen) atoms. The number of hydrogen-bond donors (Lipinski definition) is 0. The van der Waals surface area contributed by atoms with E-state index in [1.54, 1.807) is 0 Å². The van der Waals surface area contributed by atoms with Crippen molar-refractivity contribution in [3.63, 3.8) is 0 Å². The van der Waals surface area contributed by atoms with Gasteiger partial charge >= 0.3 is 5.97 Å². The van der Waals surface area contributed by atoms with Gasteiger partial charge in [0.15, 0.2) is 12.4 Å². The molecule has 0 aliphatic heterocycles. The van der Waals surface area contributed by atoms with Gasteiger partial charge in [0.25, 0.3) is 0 Å². The van der Waals surface area contributed by atoms with Gasteiger partial charge in [-0.1, -0.05) is 6.07 Å². The van der Waals surface area contributed by atoms with Gasteiger partial charge in [-0.15, -0.1) is 0 Å². The van der Waals surface area contributed by atoms with Crippen molar-refractivity contribution >= 4 is 5.97 Å². The van der Waals surface area contributed by atoms with E-state index in [1.165, 1.54) is 0 Å². The number of esters is 1. The first-order valence-corrected chi connectivity index (χ1v) is 4.92. The summed E-state index contributed by atoms with van der Waals surface area (Å²) < 4.78 is 6.89. The highest BCUT2D eigenvalue weighted by Gasteiger charge is 2.03. The van der Waals surface area contributed by atoms with Gasteiger partial charge in [0.2, 0.25) is 0 Å². The van der Waals surface area contributed by atoms with E-state index in [2.05, 4.69) is 4.57 Å². The summed E-state index contributed by atoms with van der Waals surface area (Å²) in [6, 6.07) is 5.93. The summed E-state index contributed by atoms with van der Waals surface area (Å²) in [5, 5.41) is 0. The number of carbonyl (C=O) groups is 1. The van der Waals surface area contributed by atoms with Crippen LogP contribution in [0.2, 0.25) is 0 Å². The van der Waals surface area contributed by atoms with Gasteiger partial charge < -0.3 is 4.74 Å². The predicted octanol–water partition coefficient (Wildman–Crippen LogP) is 1.32. The molecule has 76 valence electrons. The van der Waals surface area contributed by atoms with Crippen LogP contribution < -0.4 is 4.57 Å². The lowest BCUT2D eigenvalue weighted by atomic mass is 10.3. The molecular formula is C11H16NO2+. The van der Waals surface area contributed by atoms with Gasteiger partial charge in [0.05, 0.1) is 13.0 Å². The summed E-state index contributed by atoms with van der Waals surface area (Å²) in [4.78, 5) is 11.0. The molecule has 1 rings (SSSR count). The third-order valence-electron chi connectivity index (χ3n) is 1.88. The Morgan fingerprint density at radius 3 is 2.64 bits per heavy atom. The summed E-state index contributed by atoms with van der Waals surface area (Å²) in [5.74, 6) is -0.107. The van der Waals surface area contributed by atoms with Crippen LogP contribution in [0.5, 0.6) is 0 Å². The highest BCUT2D eigenvalue weighted by atomic mass is 16.5. The molecular weight excluding hydrogens is 178 g/mol. The standard InChI is InChI=1S/C11H16NO2/c1-2-14-11(13)7-6-10-12-8-4-3-5-9-12/h3-5,8-9H,2,6-7,10H2,1H3/q+1. The van der Waals surface area contributed by atoms with Crippen LogP contribution in [0.3, 0.4) is 0 Å². The lowest BCUT2D eigenvalue weighted by Crippen LogP contribution is -2.32. The van der Waals surface area contributed by atoms with Crippen LogP contribution in [0.4, 0.5) is 0 Å². The van der Waals surface area contributed by atoms with Crippen LogP contribution in [0.1, 0.15) is 19.8 Å². The summed E-state index contributed by atoms with van der Waals surface area (Å²) in [5.41, 5.74) is 0. The van der Waals surface area contributed by atoms with Crippen LogP contribution >= 0.6 is 0 Å². The average molecular weight is 194 g/mol. The molecule has 0 N–H and O–H groups in total. The molecule has 3 nitrogen and oxygen atoms in total. The summed E-state index contributed by atoms with van der Waals surface area (Å²) in [7, 11) is 0. The Balaban J connectivity index is 2.19. The number of aromatic nitrogens is 1. The number of carbonyl (C=O) groups excluding carboxylic acids is 1. The molecule has 0 aliphatic rings. The normalized spacial score (nSPS) is 9.79. The molecule has 0 unspecified atom stereocenters. The number of ether oxygens (including phenoxy) is 1. The maximum absolute atomic E-state index is 11.0. The fraction of sp³-hybridized carbons (Fsp3) is 0.455. The summed E-state index contributed by atoms with van der Waals surface area (Å²) in [6.45, 7) is 3.15. The number of hydrogen-bond acceptors (Lipinski definition) is 2. The van der Waals surface area contributed by atoms with Gasteiger partial charge in [-0.3, -0.25) is 4.79 Å². The molecule has 0 atom stereocenters. The monoisotopic (exact) mass is 194 g/mol. The van der Waals surface area contributed by atoms with E-state index >= 15 is 0 Å². The molecule has 3 heteroatoms. The average Bonchev–Trinajstić information content (AvgIpc) is 2.20. The Labute approximate surface area is 84.3 Å². The first kappa shape index (κ1) is 10.7. The van der Waals surface area contributed by atoms with E-state index in [4.69, 9.17) is 4.74 Å². The third-order valence-corrected chi connectivity index (χ3v) is 1.88. The van der Waals surface area contributed by atoms with Crippen LogP contribution in [0.15, 0.2) is 30.6 Å². The maximum Gasteiger partial charge on any atom is 0.306 e. The van der Waals surface area contributed by atoms with E-state index in [-0.39, 0.29) is 5.97 Å². The van der Waals surface area contributed by atoms with Crippen molar-refractivity contribution in [2.75, 3.05) is 6.61 Å². The predicted molar refractivity (Wildman–Crippen MR) is 52.5 cm³/mol. The van der Waals surface area contributed by atoms with E-state index in [9.17, 15) is 4.79 Å². The lowest BCUT2D eigenvalue weighted by Gasteiger charge is -1.99. The van der Waals surface area contributed by atoms with Gasteiger partial charge in [0, 0.05) is 18.6 Å². The van der Waals surface area contributed by atoms with Gasteiger partial charge in [-0.25, -0.2) is 4.57 Å². The third kappa shape index (κ3) is 4.03. The molecule has 1 heterocycles. The van der Waals surface area contributed by atoms with Crippen molar-refractivity contribution in [1.29, 1.82) is 0 Å². The van der Waals surface area contributed by atoms with Gasteiger partial charge in [-0.05, 0) is 6.92 Å². The molecule has 1 aromatic heterocycles. The van der Waals surface area contributed by atoms with E-state index in [0.717, 1.165) is 13.0 Å². The summed E-state index contributed by atoms with van der Waals surface area (Å²) >= 11 is 0. The Kier molecular flexibility index (Phi) is 4.69. The van der Waals surface area contributed by atoms with Crippen molar-refractivity contribution in [1.82, 2.24) is 0 Å². The molecule has 0 fully saturated rings. The van der Waals surface area contributed by atoms with Gasteiger partial charge in [0.1, 0.15) is 6.54 Å². The van der Waals surface area contributed by atoms with Crippen molar-refractivity contribution < 1.29 is 14.1 Å². The molecule has 0 saturated carbocycles. The Hall–Kier alpha value is -1.38. The zero-order chi connectivity index (χ0) is 10.2. The van der Waals surface area contributed by atoms with Crippen molar-refractivity contribution in [3.8, 4) is 0 Å². The Morgan fingerprint density at radius 2 is 2.00 bits per heavy atom. The van der Waals surface area contributed by atoms with Crippen LogP contribution in [-0.2, 0) is 16.1 Å². The second-order valence-electron chi connectivity index (χ2n) is 3.02. The van der Waals surface area contributed by atoms with E-state index in [0.29, 0.717) is 13.0 Å². The quantitative estimate of drug-likeness (QED) is 0.522. The molecule has 0 aliphatic carbocycles. The molecule has 0 saturated heterocycles. The largest absolute Gasteiger partial charge is 0.466 e. The second kappa shape index (κ2) is 6.13. The molecule has 0 aromatic carbocycles. The maximum atomic E-state index is 11.0. The number of nitrogens with zero attached hydrogens (tertiary/aromatic N) is 1. The van der Waals surface area contributed by atoms with Crippen molar-refractivity contribution in [2.45, 2.75) is 26.3 Å². The number of pyridine rings is 1. The SMILES string of the molecule is CCOC(=O)CCC[n+]1ccccc1. The minimum atomic E-state index is -0.107. The van der Waals surface area contributed by atoms with Gasteiger partial charge in [-0.2, -0.15) is 0 Å². The van der Waals surface area contributed by atoms with Crippen molar-refractivity contribution in [3.05, 3.63) is 30.6 Å². The lowest BCUT2D eigenvalue weighted by molar-refractivity contribution is -0.697. The minimum Gasteiger partial charge on any atom is -0.466 e. The minimum absolute atomic E-state index is 0.107. The molecule has 0 amide bonds. The zero-order valence-corrected chi connectivity index (χ0v) is 8.48. The Bertz CT molecular complexity index is 272. The fourth-order valence-corrected chi connectivity index (χ4v) is 1.22.